The molecular formula is C15H10ClF3O. The third kappa shape index (κ3) is 3.20. The van der Waals surface area contributed by atoms with E-state index in [-0.39, 0.29) is 22.6 Å². The normalized spacial score (nSPS) is 10.6. The monoisotopic (exact) mass is 298 g/mol. The number of hydrogen-bond donors (Lipinski definition) is 0. The number of ketones is 1. The first-order valence-electron chi connectivity index (χ1n) is 5.86. The van der Waals surface area contributed by atoms with Gasteiger partial charge in [-0.05, 0) is 23.8 Å². The highest BCUT2D eigenvalue weighted by Crippen LogP contribution is 2.19. The fourth-order valence-electron chi connectivity index (χ4n) is 1.86. The predicted octanol–water partition coefficient (Wildman–Crippen LogP) is 4.11. The topological polar surface area (TPSA) is 17.1 Å². The average molecular weight is 299 g/mol. The highest BCUT2D eigenvalue weighted by Gasteiger charge is 2.15. The van der Waals surface area contributed by atoms with Gasteiger partial charge < -0.3 is 0 Å². The Morgan fingerprint density at radius 2 is 1.55 bits per heavy atom. The highest BCUT2D eigenvalue weighted by molar-refractivity contribution is 6.30. The summed E-state index contributed by atoms with van der Waals surface area (Å²) in [4.78, 5) is 11.8. The van der Waals surface area contributed by atoms with E-state index in [0.717, 1.165) is 12.1 Å². The molecule has 0 N–H and O–H groups in total. The standard InChI is InChI=1S/C15H10ClF3O/c16-12-4-1-3-9(15(12)19)7-10(20)8-11-13(17)5-2-6-14(11)18/h1-6H,7-8H2. The van der Waals surface area contributed by atoms with Gasteiger partial charge in [-0.15, -0.1) is 0 Å². The highest BCUT2D eigenvalue weighted by atomic mass is 35.5. The van der Waals surface area contributed by atoms with E-state index in [4.69, 9.17) is 11.6 Å². The predicted molar refractivity (Wildman–Crippen MR) is 70.2 cm³/mol. The van der Waals surface area contributed by atoms with Gasteiger partial charge in [-0.3, -0.25) is 4.79 Å². The van der Waals surface area contributed by atoms with Crippen LogP contribution in [0.4, 0.5) is 13.2 Å². The molecule has 1 nitrogen and oxygen atoms in total. The van der Waals surface area contributed by atoms with Crippen LogP contribution in [0.3, 0.4) is 0 Å². The molecule has 0 aliphatic heterocycles. The van der Waals surface area contributed by atoms with Crippen molar-refractivity contribution in [2.75, 3.05) is 0 Å². The van der Waals surface area contributed by atoms with Gasteiger partial charge in [0.15, 0.2) is 0 Å². The quantitative estimate of drug-likeness (QED) is 0.830. The molecule has 0 fully saturated rings. The number of rotatable bonds is 4. The summed E-state index contributed by atoms with van der Waals surface area (Å²) in [6.07, 6.45) is -0.690. The van der Waals surface area contributed by atoms with Crippen LogP contribution in [0.25, 0.3) is 0 Å². The maximum absolute atomic E-state index is 13.6. The zero-order valence-corrected chi connectivity index (χ0v) is 11.1. The Labute approximate surface area is 119 Å². The lowest BCUT2D eigenvalue weighted by Gasteiger charge is -2.06. The summed E-state index contributed by atoms with van der Waals surface area (Å²) in [5.74, 6) is -2.75. The Kier molecular flexibility index (Phi) is 4.45. The van der Waals surface area contributed by atoms with Crippen LogP contribution >= 0.6 is 11.6 Å². The Hall–Kier alpha value is -1.81. The number of carbonyl (C=O) groups is 1. The van der Waals surface area contributed by atoms with Crippen molar-refractivity contribution < 1.29 is 18.0 Å². The first-order chi connectivity index (χ1) is 9.49. The molecule has 0 spiro atoms. The summed E-state index contributed by atoms with van der Waals surface area (Å²) in [7, 11) is 0. The Morgan fingerprint density at radius 1 is 0.950 bits per heavy atom. The van der Waals surface area contributed by atoms with E-state index < -0.39 is 29.7 Å². The van der Waals surface area contributed by atoms with Crippen molar-refractivity contribution in [3.8, 4) is 0 Å². The molecule has 0 radical (unpaired) electrons. The molecule has 104 valence electrons. The second kappa shape index (κ2) is 6.09. The maximum Gasteiger partial charge on any atom is 0.145 e. The Morgan fingerprint density at radius 3 is 2.20 bits per heavy atom. The maximum atomic E-state index is 13.6. The lowest BCUT2D eigenvalue weighted by atomic mass is 10.0. The smallest absolute Gasteiger partial charge is 0.145 e. The SMILES string of the molecule is O=C(Cc1cccc(Cl)c1F)Cc1c(F)cccc1F. The van der Waals surface area contributed by atoms with E-state index in [0.29, 0.717) is 0 Å². The largest absolute Gasteiger partial charge is 0.299 e. The summed E-state index contributed by atoms with van der Waals surface area (Å²) in [5, 5.41) is -0.0904. The molecule has 0 aliphatic rings. The molecule has 5 heteroatoms. The molecule has 0 saturated heterocycles. The van der Waals surface area contributed by atoms with E-state index >= 15 is 0 Å². The number of benzene rings is 2. The van der Waals surface area contributed by atoms with E-state index in [2.05, 4.69) is 0 Å². The fraction of sp³-hybridized carbons (Fsp3) is 0.133. The third-order valence-electron chi connectivity index (χ3n) is 2.85. The molecule has 2 aromatic rings. The van der Waals surface area contributed by atoms with Crippen LogP contribution in [0.15, 0.2) is 36.4 Å². The van der Waals surface area contributed by atoms with Gasteiger partial charge in [0.25, 0.3) is 0 Å². The van der Waals surface area contributed by atoms with Crippen LogP contribution in [0.5, 0.6) is 0 Å². The average Bonchev–Trinajstić information content (AvgIpc) is 2.39. The molecule has 0 aliphatic carbocycles. The van der Waals surface area contributed by atoms with Crippen LogP contribution < -0.4 is 0 Å². The van der Waals surface area contributed by atoms with Crippen molar-refractivity contribution in [3.63, 3.8) is 0 Å². The molecule has 0 unspecified atom stereocenters. The van der Waals surface area contributed by atoms with Crippen molar-refractivity contribution >= 4 is 17.4 Å². The van der Waals surface area contributed by atoms with E-state index in [9.17, 15) is 18.0 Å². The molecule has 0 saturated carbocycles. The van der Waals surface area contributed by atoms with Gasteiger partial charge in [0.1, 0.15) is 23.2 Å². The Balaban J connectivity index is 2.16. The fourth-order valence-corrected chi connectivity index (χ4v) is 2.05. The van der Waals surface area contributed by atoms with Gasteiger partial charge in [-0.2, -0.15) is 0 Å². The van der Waals surface area contributed by atoms with E-state index in [1.165, 1.54) is 24.3 Å². The summed E-state index contributed by atoms with van der Waals surface area (Å²) >= 11 is 5.60. The van der Waals surface area contributed by atoms with Crippen LogP contribution in [0.2, 0.25) is 5.02 Å². The molecule has 0 heterocycles. The van der Waals surface area contributed by atoms with Gasteiger partial charge >= 0.3 is 0 Å². The summed E-state index contributed by atoms with van der Waals surface area (Å²) in [6.45, 7) is 0. The molecule has 0 atom stereocenters. The lowest BCUT2D eigenvalue weighted by molar-refractivity contribution is -0.117. The molecule has 0 amide bonds. The zero-order valence-electron chi connectivity index (χ0n) is 10.3. The number of halogens is 4. The molecule has 2 aromatic carbocycles. The Bertz CT molecular complexity index is 635. The second-order valence-corrected chi connectivity index (χ2v) is 4.71. The molecule has 20 heavy (non-hydrogen) atoms. The molecule has 2 rings (SSSR count). The molecular weight excluding hydrogens is 289 g/mol. The van der Waals surface area contributed by atoms with Gasteiger partial charge in [0, 0.05) is 18.4 Å². The minimum atomic E-state index is -0.787. The van der Waals surface area contributed by atoms with Crippen molar-refractivity contribution in [3.05, 3.63) is 70.0 Å². The van der Waals surface area contributed by atoms with Gasteiger partial charge in [-0.25, -0.2) is 13.2 Å². The summed E-state index contributed by atoms with van der Waals surface area (Å²) in [6, 6.07) is 7.66. The van der Waals surface area contributed by atoms with Gasteiger partial charge in [0.2, 0.25) is 0 Å². The van der Waals surface area contributed by atoms with Crippen molar-refractivity contribution in [2.45, 2.75) is 12.8 Å². The summed E-state index contributed by atoms with van der Waals surface area (Å²) < 4.78 is 40.4. The van der Waals surface area contributed by atoms with Crippen molar-refractivity contribution in [2.24, 2.45) is 0 Å². The van der Waals surface area contributed by atoms with Crippen LogP contribution in [-0.4, -0.2) is 5.78 Å². The van der Waals surface area contributed by atoms with E-state index in [1.54, 1.807) is 0 Å². The lowest BCUT2D eigenvalue weighted by Crippen LogP contribution is -2.10. The number of Topliss-reactive ketones (excluding diaryl/α,β-unsaturated/α-hetero) is 1. The second-order valence-electron chi connectivity index (χ2n) is 4.31. The summed E-state index contributed by atoms with van der Waals surface area (Å²) in [5.41, 5.74) is -0.195. The van der Waals surface area contributed by atoms with Crippen LogP contribution in [-0.2, 0) is 17.6 Å². The van der Waals surface area contributed by atoms with Gasteiger partial charge in [0.05, 0.1) is 5.02 Å². The van der Waals surface area contributed by atoms with Crippen molar-refractivity contribution in [1.82, 2.24) is 0 Å². The number of hydrogen-bond acceptors (Lipinski definition) is 1. The zero-order chi connectivity index (χ0) is 14.7. The third-order valence-corrected chi connectivity index (χ3v) is 3.15. The van der Waals surface area contributed by atoms with Crippen molar-refractivity contribution in [1.29, 1.82) is 0 Å². The van der Waals surface area contributed by atoms with Gasteiger partial charge in [-0.1, -0.05) is 29.8 Å². The minimum Gasteiger partial charge on any atom is -0.299 e. The molecule has 0 aromatic heterocycles. The first-order valence-corrected chi connectivity index (χ1v) is 6.24. The number of carbonyl (C=O) groups excluding carboxylic acids is 1. The van der Waals surface area contributed by atoms with Crippen LogP contribution in [0.1, 0.15) is 11.1 Å². The minimum absolute atomic E-state index is 0.0904. The van der Waals surface area contributed by atoms with Crippen LogP contribution in [0, 0.1) is 17.5 Å². The first kappa shape index (κ1) is 14.6. The van der Waals surface area contributed by atoms with E-state index in [1.807, 2.05) is 0 Å². The molecule has 0 bridgehead atoms.